The molecular weight excluding hydrogens is 296 g/mol. The Bertz CT molecular complexity index is 553. The molecule has 0 aliphatic carbocycles. The molecule has 0 saturated carbocycles. The minimum Gasteiger partial charge on any atom is -0.497 e. The minimum absolute atomic E-state index is 0.478. The number of ether oxygens (including phenoxy) is 1. The maximum Gasteiger partial charge on any atom is 0.169 e. The summed E-state index contributed by atoms with van der Waals surface area (Å²) in [5.41, 5.74) is 7.64. The molecule has 5 nitrogen and oxygen atoms in total. The molecule has 0 unspecified atom stereocenters. The fourth-order valence-electron chi connectivity index (χ4n) is 1.76. The van der Waals surface area contributed by atoms with Crippen LogP contribution in [0.2, 0.25) is 0 Å². The van der Waals surface area contributed by atoms with Gasteiger partial charge in [0.2, 0.25) is 0 Å². The molecule has 18 heavy (non-hydrogen) atoms. The Morgan fingerprint density at radius 2 is 2.22 bits per heavy atom. The number of methoxy groups -OCH3 is 1. The van der Waals surface area contributed by atoms with Crippen LogP contribution in [0.15, 0.2) is 22.7 Å². The fraction of sp³-hybridized carbons (Fsp3) is 0.333. The van der Waals surface area contributed by atoms with Gasteiger partial charge >= 0.3 is 0 Å². The van der Waals surface area contributed by atoms with Gasteiger partial charge in [0.1, 0.15) is 5.75 Å². The summed E-state index contributed by atoms with van der Waals surface area (Å²) in [5.74, 6) is 1.25. The second-order valence-electron chi connectivity index (χ2n) is 3.90. The van der Waals surface area contributed by atoms with Crippen LogP contribution >= 0.6 is 15.9 Å². The van der Waals surface area contributed by atoms with Crippen molar-refractivity contribution in [2.45, 2.75) is 19.8 Å². The van der Waals surface area contributed by atoms with Gasteiger partial charge in [0.15, 0.2) is 5.82 Å². The quantitative estimate of drug-likeness (QED) is 0.942. The van der Waals surface area contributed by atoms with Crippen molar-refractivity contribution in [3.8, 4) is 11.4 Å². The summed E-state index contributed by atoms with van der Waals surface area (Å²) in [6.07, 6.45) is 1.82. The highest BCUT2D eigenvalue weighted by atomic mass is 79.9. The standard InChI is InChI=1S/C12H15BrN4O/c1-3-4-10-12(14)15-16-17(10)11-7-8(18-2)5-6-9(11)13/h5-7H,3-4,14H2,1-2H3. The van der Waals surface area contributed by atoms with Crippen molar-refractivity contribution in [3.05, 3.63) is 28.4 Å². The number of hydrogen-bond donors (Lipinski definition) is 1. The van der Waals surface area contributed by atoms with Crippen molar-refractivity contribution in [1.29, 1.82) is 0 Å². The van der Waals surface area contributed by atoms with Crippen molar-refractivity contribution in [2.24, 2.45) is 0 Å². The van der Waals surface area contributed by atoms with E-state index in [9.17, 15) is 0 Å². The molecule has 96 valence electrons. The molecule has 0 saturated heterocycles. The van der Waals surface area contributed by atoms with Crippen LogP contribution in [0.3, 0.4) is 0 Å². The van der Waals surface area contributed by atoms with E-state index in [1.807, 2.05) is 18.2 Å². The summed E-state index contributed by atoms with van der Waals surface area (Å²) >= 11 is 3.51. The highest BCUT2D eigenvalue weighted by molar-refractivity contribution is 9.10. The Morgan fingerprint density at radius 3 is 2.89 bits per heavy atom. The third-order valence-corrected chi connectivity index (χ3v) is 3.33. The third kappa shape index (κ3) is 2.33. The lowest BCUT2D eigenvalue weighted by molar-refractivity contribution is 0.414. The zero-order chi connectivity index (χ0) is 13.1. The normalized spacial score (nSPS) is 10.6. The summed E-state index contributed by atoms with van der Waals surface area (Å²) in [6.45, 7) is 2.09. The van der Waals surface area contributed by atoms with Gasteiger partial charge in [0, 0.05) is 10.5 Å². The van der Waals surface area contributed by atoms with Crippen LogP contribution < -0.4 is 10.5 Å². The van der Waals surface area contributed by atoms with Gasteiger partial charge in [-0.25, -0.2) is 4.68 Å². The first kappa shape index (κ1) is 12.9. The van der Waals surface area contributed by atoms with E-state index < -0.39 is 0 Å². The summed E-state index contributed by atoms with van der Waals surface area (Å²) < 4.78 is 7.90. The molecule has 0 atom stereocenters. The summed E-state index contributed by atoms with van der Waals surface area (Å²) in [5, 5.41) is 8.03. The van der Waals surface area contributed by atoms with E-state index in [1.165, 1.54) is 0 Å². The van der Waals surface area contributed by atoms with Crippen molar-refractivity contribution in [3.63, 3.8) is 0 Å². The Kier molecular flexibility index (Phi) is 3.86. The van der Waals surface area contributed by atoms with Crippen molar-refractivity contribution in [2.75, 3.05) is 12.8 Å². The number of hydrogen-bond acceptors (Lipinski definition) is 4. The number of halogens is 1. The molecule has 1 aromatic carbocycles. The van der Waals surface area contributed by atoms with Crippen LogP contribution in [-0.2, 0) is 6.42 Å². The molecule has 0 aliphatic heterocycles. The molecule has 0 bridgehead atoms. The molecule has 6 heteroatoms. The zero-order valence-electron chi connectivity index (χ0n) is 10.4. The molecule has 0 spiro atoms. The number of nitrogens with two attached hydrogens (primary N) is 1. The second-order valence-corrected chi connectivity index (χ2v) is 4.75. The predicted molar refractivity (Wildman–Crippen MR) is 74.0 cm³/mol. The van der Waals surface area contributed by atoms with E-state index in [1.54, 1.807) is 11.8 Å². The Labute approximate surface area is 114 Å². The summed E-state index contributed by atoms with van der Waals surface area (Å²) in [6, 6.07) is 5.70. The number of anilines is 1. The Morgan fingerprint density at radius 1 is 1.44 bits per heavy atom. The summed E-state index contributed by atoms with van der Waals surface area (Å²) in [7, 11) is 1.63. The van der Waals surface area contributed by atoms with Gasteiger partial charge in [0.25, 0.3) is 0 Å². The smallest absolute Gasteiger partial charge is 0.169 e. The number of rotatable bonds is 4. The van der Waals surface area contributed by atoms with E-state index in [-0.39, 0.29) is 0 Å². The maximum absolute atomic E-state index is 5.84. The van der Waals surface area contributed by atoms with Crippen LogP contribution in [0.1, 0.15) is 19.0 Å². The highest BCUT2D eigenvalue weighted by Gasteiger charge is 2.13. The molecule has 0 radical (unpaired) electrons. The lowest BCUT2D eigenvalue weighted by Gasteiger charge is -2.09. The van der Waals surface area contributed by atoms with E-state index in [0.717, 1.165) is 34.4 Å². The SMILES string of the molecule is CCCc1c(N)nnn1-c1cc(OC)ccc1Br. The topological polar surface area (TPSA) is 66.0 Å². The molecular formula is C12H15BrN4O. The van der Waals surface area contributed by atoms with Gasteiger partial charge in [-0.1, -0.05) is 18.6 Å². The average molecular weight is 311 g/mol. The molecule has 0 amide bonds. The lowest BCUT2D eigenvalue weighted by Crippen LogP contribution is -2.04. The Hall–Kier alpha value is -1.56. The van der Waals surface area contributed by atoms with Gasteiger partial charge < -0.3 is 10.5 Å². The van der Waals surface area contributed by atoms with E-state index in [4.69, 9.17) is 10.5 Å². The van der Waals surface area contributed by atoms with Crippen LogP contribution in [0.5, 0.6) is 5.75 Å². The maximum atomic E-state index is 5.84. The molecule has 2 rings (SSSR count). The van der Waals surface area contributed by atoms with Gasteiger partial charge in [-0.15, -0.1) is 5.10 Å². The van der Waals surface area contributed by atoms with E-state index >= 15 is 0 Å². The van der Waals surface area contributed by atoms with Crippen molar-refractivity contribution >= 4 is 21.7 Å². The van der Waals surface area contributed by atoms with Crippen LogP contribution in [0.25, 0.3) is 5.69 Å². The average Bonchev–Trinajstić information content (AvgIpc) is 2.73. The van der Waals surface area contributed by atoms with Gasteiger partial charge in [0.05, 0.1) is 18.5 Å². The van der Waals surface area contributed by atoms with Crippen molar-refractivity contribution < 1.29 is 4.74 Å². The molecule has 2 N–H and O–H groups in total. The zero-order valence-corrected chi connectivity index (χ0v) is 11.9. The van der Waals surface area contributed by atoms with E-state index in [2.05, 4.69) is 33.2 Å². The number of nitrogen functional groups attached to an aromatic ring is 1. The van der Waals surface area contributed by atoms with E-state index in [0.29, 0.717) is 5.82 Å². The number of aromatic nitrogens is 3. The minimum atomic E-state index is 0.478. The van der Waals surface area contributed by atoms with Crippen LogP contribution in [0, 0.1) is 0 Å². The Balaban J connectivity index is 2.54. The first-order valence-corrected chi connectivity index (χ1v) is 6.50. The third-order valence-electron chi connectivity index (χ3n) is 2.66. The highest BCUT2D eigenvalue weighted by Crippen LogP contribution is 2.27. The summed E-state index contributed by atoms with van der Waals surface area (Å²) in [4.78, 5) is 0. The van der Waals surface area contributed by atoms with Gasteiger partial charge in [-0.05, 0) is 34.5 Å². The molecule has 1 aromatic heterocycles. The number of nitrogens with zero attached hydrogens (tertiary/aromatic N) is 3. The first-order chi connectivity index (χ1) is 8.67. The second kappa shape index (κ2) is 5.39. The molecule has 2 aromatic rings. The molecule has 0 aliphatic rings. The number of benzene rings is 1. The van der Waals surface area contributed by atoms with Gasteiger partial charge in [-0.2, -0.15) is 0 Å². The largest absolute Gasteiger partial charge is 0.497 e. The van der Waals surface area contributed by atoms with Crippen molar-refractivity contribution in [1.82, 2.24) is 15.0 Å². The molecule has 1 heterocycles. The van der Waals surface area contributed by atoms with Crippen LogP contribution in [0.4, 0.5) is 5.82 Å². The predicted octanol–water partition coefficient (Wildman–Crippen LogP) is 2.57. The fourth-order valence-corrected chi connectivity index (χ4v) is 2.17. The van der Waals surface area contributed by atoms with Gasteiger partial charge in [-0.3, -0.25) is 0 Å². The lowest BCUT2D eigenvalue weighted by atomic mass is 10.2. The molecule has 0 fully saturated rings. The monoisotopic (exact) mass is 310 g/mol. The van der Waals surface area contributed by atoms with Crippen LogP contribution in [-0.4, -0.2) is 22.1 Å². The first-order valence-electron chi connectivity index (χ1n) is 5.71.